The Kier molecular flexibility index (Phi) is 6.60. The predicted molar refractivity (Wildman–Crippen MR) is 87.4 cm³/mol. The molecule has 0 heterocycles. The maximum atomic E-state index is 12.1. The third-order valence-corrected chi connectivity index (χ3v) is 2.81. The van der Waals surface area contributed by atoms with Crippen LogP contribution in [0.2, 0.25) is 0 Å². The molecule has 152 valence electrons. The van der Waals surface area contributed by atoms with Gasteiger partial charge in [0.05, 0.1) is 11.4 Å². The van der Waals surface area contributed by atoms with Crippen LogP contribution in [0, 0.1) is 11.3 Å². The van der Waals surface area contributed by atoms with Gasteiger partial charge in [-0.05, 0) is 48.5 Å². The van der Waals surface area contributed by atoms with Gasteiger partial charge in [0.1, 0.15) is 17.6 Å². The van der Waals surface area contributed by atoms with E-state index in [2.05, 4.69) is 30.2 Å². The summed E-state index contributed by atoms with van der Waals surface area (Å²) >= 11 is 0. The first-order valence-corrected chi connectivity index (χ1v) is 7.41. The molecule has 0 saturated heterocycles. The highest BCUT2D eigenvalue weighted by molar-refractivity contribution is 5.97. The Hall–Kier alpha value is -3.82. The quantitative estimate of drug-likeness (QED) is 0.228. The predicted octanol–water partition coefficient (Wildman–Crippen LogP) is 5.52. The molecule has 0 fully saturated rings. The van der Waals surface area contributed by atoms with Gasteiger partial charge in [0.15, 0.2) is 0 Å². The molecule has 0 atom stereocenters. The van der Waals surface area contributed by atoms with E-state index in [0.29, 0.717) is 0 Å². The second-order valence-corrected chi connectivity index (χ2v) is 4.97. The number of azo groups is 1. The summed E-state index contributed by atoms with van der Waals surface area (Å²) in [6.07, 6.45) is -9.65. The molecule has 2 aromatic carbocycles. The maximum Gasteiger partial charge on any atom is 0.573 e. The zero-order chi connectivity index (χ0) is 21.5. The van der Waals surface area contributed by atoms with Gasteiger partial charge in [-0.1, -0.05) is 0 Å². The molecule has 7 nitrogen and oxygen atoms in total. The lowest BCUT2D eigenvalue weighted by Gasteiger charge is -2.08. The first kappa shape index (κ1) is 21.5. The van der Waals surface area contributed by atoms with Crippen molar-refractivity contribution in [3.05, 3.63) is 48.5 Å². The van der Waals surface area contributed by atoms with Crippen LogP contribution in [0.5, 0.6) is 11.5 Å². The summed E-state index contributed by atoms with van der Waals surface area (Å²) in [5.74, 6) is -1.34. The second kappa shape index (κ2) is 8.91. The van der Waals surface area contributed by atoms with Crippen molar-refractivity contribution in [3.63, 3.8) is 0 Å². The molecule has 2 aromatic rings. The highest BCUT2D eigenvalue weighted by Gasteiger charge is 2.31. The number of alkyl halides is 6. The smallest absolute Gasteiger partial charge is 0.406 e. The lowest BCUT2D eigenvalue weighted by atomic mass is 10.3. The van der Waals surface area contributed by atoms with Crippen LogP contribution in [0.25, 0.3) is 0 Å². The fourth-order valence-electron chi connectivity index (χ4n) is 1.74. The Balaban J connectivity index is 1.98. The zero-order valence-corrected chi connectivity index (χ0v) is 14.0. The van der Waals surface area contributed by atoms with Crippen LogP contribution in [0.3, 0.4) is 0 Å². The van der Waals surface area contributed by atoms with E-state index in [0.717, 1.165) is 24.3 Å². The van der Waals surface area contributed by atoms with Crippen LogP contribution in [-0.2, 0) is 0 Å². The summed E-state index contributed by atoms with van der Waals surface area (Å²) in [5, 5.41) is 19.7. The lowest BCUT2D eigenvalue weighted by molar-refractivity contribution is -0.275. The van der Waals surface area contributed by atoms with Crippen molar-refractivity contribution in [2.24, 2.45) is 15.3 Å². The number of nitrogens with zero attached hydrogens (tertiary/aromatic N) is 4. The van der Waals surface area contributed by atoms with Crippen LogP contribution < -0.4 is 14.9 Å². The van der Waals surface area contributed by atoms with E-state index in [1.54, 1.807) is 6.07 Å². The van der Waals surface area contributed by atoms with Crippen molar-refractivity contribution in [2.45, 2.75) is 12.7 Å². The number of hydrazone groups is 1. The largest absolute Gasteiger partial charge is 0.573 e. The molecule has 0 aliphatic carbocycles. The number of halogens is 6. The highest BCUT2D eigenvalue weighted by Crippen LogP contribution is 2.25. The van der Waals surface area contributed by atoms with E-state index in [9.17, 15) is 26.3 Å². The number of hydrogen-bond acceptors (Lipinski definition) is 6. The van der Waals surface area contributed by atoms with E-state index in [-0.39, 0.29) is 11.4 Å². The van der Waals surface area contributed by atoms with Crippen molar-refractivity contribution < 1.29 is 35.8 Å². The highest BCUT2D eigenvalue weighted by atomic mass is 19.4. The average molecular weight is 417 g/mol. The van der Waals surface area contributed by atoms with E-state index >= 15 is 0 Å². The number of anilines is 1. The number of benzene rings is 2. The molecule has 0 aromatic heterocycles. The Morgan fingerprint density at radius 1 is 0.828 bits per heavy atom. The molecule has 0 spiro atoms. The molecule has 0 aliphatic rings. The average Bonchev–Trinajstić information content (AvgIpc) is 2.62. The van der Waals surface area contributed by atoms with Gasteiger partial charge < -0.3 is 9.47 Å². The third-order valence-electron chi connectivity index (χ3n) is 2.81. The van der Waals surface area contributed by atoms with E-state index in [4.69, 9.17) is 5.26 Å². The lowest BCUT2D eigenvalue weighted by Crippen LogP contribution is -2.16. The first-order valence-electron chi connectivity index (χ1n) is 7.41. The van der Waals surface area contributed by atoms with Gasteiger partial charge in [0, 0.05) is 0 Å². The fraction of sp³-hybridized carbons (Fsp3) is 0.125. The van der Waals surface area contributed by atoms with Crippen LogP contribution in [0.4, 0.5) is 37.7 Å². The molecule has 13 heteroatoms. The topological polar surface area (TPSA) is 91.4 Å². The second-order valence-electron chi connectivity index (χ2n) is 4.97. The van der Waals surface area contributed by atoms with Crippen molar-refractivity contribution in [2.75, 3.05) is 5.43 Å². The van der Waals surface area contributed by atoms with E-state index in [1.807, 2.05) is 0 Å². The summed E-state index contributed by atoms with van der Waals surface area (Å²) in [5.41, 5.74) is 2.74. The van der Waals surface area contributed by atoms with Crippen molar-refractivity contribution in [3.8, 4) is 17.6 Å². The molecule has 0 unspecified atom stereocenters. The molecule has 0 amide bonds. The van der Waals surface area contributed by atoms with Gasteiger partial charge in [0.25, 0.3) is 5.84 Å². The summed E-state index contributed by atoms with van der Waals surface area (Å²) in [6, 6.07) is 10.5. The number of nitrogens with one attached hydrogen (secondary N) is 1. The molecule has 0 saturated carbocycles. The minimum Gasteiger partial charge on any atom is -0.406 e. The molecule has 29 heavy (non-hydrogen) atoms. The molecule has 0 aliphatic heterocycles. The van der Waals surface area contributed by atoms with Crippen LogP contribution in [-0.4, -0.2) is 18.6 Å². The summed E-state index contributed by atoms with van der Waals surface area (Å²) in [4.78, 5) is 0. The van der Waals surface area contributed by atoms with E-state index in [1.165, 1.54) is 24.3 Å². The maximum absolute atomic E-state index is 12.1. The van der Waals surface area contributed by atoms with Crippen LogP contribution in [0.15, 0.2) is 63.9 Å². The Morgan fingerprint density at radius 2 is 1.31 bits per heavy atom. The zero-order valence-electron chi connectivity index (χ0n) is 14.0. The van der Waals surface area contributed by atoms with Gasteiger partial charge in [-0.15, -0.1) is 41.7 Å². The molecular formula is C16H9F6N5O2. The summed E-state index contributed by atoms with van der Waals surface area (Å²) in [6.45, 7) is 0. The van der Waals surface area contributed by atoms with Crippen molar-refractivity contribution in [1.82, 2.24) is 0 Å². The fourth-order valence-corrected chi connectivity index (χ4v) is 1.74. The van der Waals surface area contributed by atoms with Gasteiger partial charge in [-0.25, -0.2) is 0 Å². The van der Waals surface area contributed by atoms with Crippen LogP contribution >= 0.6 is 0 Å². The number of nitriles is 1. The molecule has 0 bridgehead atoms. The first-order chi connectivity index (χ1) is 13.5. The summed E-state index contributed by atoms with van der Waals surface area (Å²) in [7, 11) is 0. The Morgan fingerprint density at radius 3 is 1.76 bits per heavy atom. The molecule has 1 N–H and O–H groups in total. The third kappa shape index (κ3) is 8.16. The van der Waals surface area contributed by atoms with Crippen molar-refractivity contribution >= 4 is 17.2 Å². The monoisotopic (exact) mass is 417 g/mol. The normalized spacial score (nSPS) is 12.5. The molecule has 2 rings (SSSR count). The SMILES string of the molecule is N#CC(/N=N/c1ccc(OC(F)(F)F)cc1)=N\Nc1ccc(OC(F)(F)F)cc1. The van der Waals surface area contributed by atoms with Gasteiger partial charge >= 0.3 is 12.7 Å². The molecular weight excluding hydrogens is 408 g/mol. The minimum atomic E-state index is -4.83. The standard InChI is InChI=1S/C16H9F6N5O2/c17-15(18,19)28-12-5-1-10(2-6-12)24-26-14(9-23)27-25-11-3-7-13(8-4-11)29-16(20,21)22/h1-8,24H/b26-14+,27-25+. The summed E-state index contributed by atoms with van der Waals surface area (Å²) < 4.78 is 79.9. The number of amidine groups is 1. The Bertz CT molecular complexity index is 915. The van der Waals surface area contributed by atoms with Crippen LogP contribution in [0.1, 0.15) is 0 Å². The van der Waals surface area contributed by atoms with Gasteiger partial charge in [-0.3, -0.25) is 5.43 Å². The van der Waals surface area contributed by atoms with Gasteiger partial charge in [0.2, 0.25) is 0 Å². The number of rotatable bonds is 5. The Labute approximate surface area is 158 Å². The van der Waals surface area contributed by atoms with E-state index < -0.39 is 30.1 Å². The van der Waals surface area contributed by atoms with Gasteiger partial charge in [-0.2, -0.15) is 5.26 Å². The number of hydrogen-bond donors (Lipinski definition) is 1. The molecule has 0 radical (unpaired) electrons. The minimum absolute atomic E-state index is 0.121. The van der Waals surface area contributed by atoms with Crippen molar-refractivity contribution in [1.29, 1.82) is 5.26 Å². The number of ether oxygens (including phenoxy) is 2.